The highest BCUT2D eigenvalue weighted by Gasteiger charge is 2.22. The first-order valence-electron chi connectivity index (χ1n) is 6.27. The van der Waals surface area contributed by atoms with Gasteiger partial charge in [0, 0.05) is 25.7 Å². The fraction of sp³-hybridized carbons (Fsp3) is 0.833. The summed E-state index contributed by atoms with van der Waals surface area (Å²) in [5.41, 5.74) is 0. The molecule has 2 N–H and O–H groups in total. The predicted octanol–water partition coefficient (Wildman–Crippen LogP) is 0.0886. The molecule has 5 heteroatoms. The smallest absolute Gasteiger partial charge is 0.222 e. The minimum atomic E-state index is -0.298. The third-order valence-corrected chi connectivity index (χ3v) is 2.79. The van der Waals surface area contributed by atoms with Crippen LogP contribution in [-0.2, 0) is 4.79 Å². The van der Waals surface area contributed by atoms with Crippen molar-refractivity contribution in [2.24, 2.45) is 0 Å². The number of rotatable bonds is 4. The minimum absolute atomic E-state index is 0.0382. The van der Waals surface area contributed by atoms with Gasteiger partial charge in [0.1, 0.15) is 6.04 Å². The number of hydrogen-bond acceptors (Lipinski definition) is 4. The third kappa shape index (κ3) is 5.16. The Kier molecular flexibility index (Phi) is 5.95. The van der Waals surface area contributed by atoms with Crippen LogP contribution in [0.2, 0.25) is 0 Å². The molecule has 1 saturated heterocycles. The van der Waals surface area contributed by atoms with Gasteiger partial charge in [-0.1, -0.05) is 0 Å². The molecule has 0 aromatic heterocycles. The van der Waals surface area contributed by atoms with E-state index in [0.29, 0.717) is 0 Å². The van der Waals surface area contributed by atoms with Gasteiger partial charge in [0.2, 0.25) is 5.91 Å². The second-order valence-corrected chi connectivity index (χ2v) is 4.71. The topological polar surface area (TPSA) is 68.2 Å². The number of nitrogens with one attached hydrogen (secondary N) is 2. The minimum Gasteiger partial charge on any atom is -0.354 e. The first-order chi connectivity index (χ1) is 8.13. The Morgan fingerprint density at radius 3 is 2.88 bits per heavy atom. The normalized spacial score (nSPS) is 19.4. The summed E-state index contributed by atoms with van der Waals surface area (Å²) in [4.78, 5) is 13.7. The van der Waals surface area contributed by atoms with Gasteiger partial charge < -0.3 is 10.6 Å². The van der Waals surface area contributed by atoms with Gasteiger partial charge >= 0.3 is 0 Å². The van der Waals surface area contributed by atoms with Gasteiger partial charge in [-0.3, -0.25) is 9.69 Å². The number of carbonyl (C=O) groups is 1. The molecule has 1 unspecified atom stereocenters. The van der Waals surface area contributed by atoms with E-state index < -0.39 is 0 Å². The average Bonchev–Trinajstić information content (AvgIpc) is 2.53. The largest absolute Gasteiger partial charge is 0.354 e. The fourth-order valence-corrected chi connectivity index (χ4v) is 1.99. The zero-order chi connectivity index (χ0) is 12.7. The van der Waals surface area contributed by atoms with Gasteiger partial charge in [-0.05, 0) is 26.8 Å². The Labute approximate surface area is 103 Å². The van der Waals surface area contributed by atoms with Crippen molar-refractivity contribution in [1.29, 1.82) is 5.26 Å². The standard InChI is InChI=1S/C12H22N4O/c1-10(2)15-12(17)8-11(9-13)16-6-3-4-14-5-7-16/h10-11,14H,3-8H2,1-2H3,(H,15,17). The molecule has 96 valence electrons. The monoisotopic (exact) mass is 238 g/mol. The van der Waals surface area contributed by atoms with E-state index in [1.165, 1.54) is 0 Å². The molecule has 1 fully saturated rings. The van der Waals surface area contributed by atoms with Crippen LogP contribution < -0.4 is 10.6 Å². The van der Waals surface area contributed by atoms with Gasteiger partial charge in [0.15, 0.2) is 0 Å². The number of hydrogen-bond donors (Lipinski definition) is 2. The molecule has 0 aromatic carbocycles. The lowest BCUT2D eigenvalue weighted by Crippen LogP contribution is -2.41. The van der Waals surface area contributed by atoms with E-state index in [1.54, 1.807) is 0 Å². The van der Waals surface area contributed by atoms with Crippen LogP contribution >= 0.6 is 0 Å². The molecule has 1 atom stereocenters. The highest BCUT2D eigenvalue weighted by molar-refractivity contribution is 5.77. The van der Waals surface area contributed by atoms with Gasteiger partial charge in [0.05, 0.1) is 12.5 Å². The first-order valence-corrected chi connectivity index (χ1v) is 6.27. The summed E-state index contributed by atoms with van der Waals surface area (Å²) in [5.74, 6) is -0.0382. The summed E-state index contributed by atoms with van der Waals surface area (Å²) in [7, 11) is 0. The van der Waals surface area contributed by atoms with Crippen LogP contribution in [0.1, 0.15) is 26.7 Å². The zero-order valence-corrected chi connectivity index (χ0v) is 10.7. The van der Waals surface area contributed by atoms with Crippen molar-refractivity contribution in [3.63, 3.8) is 0 Å². The van der Waals surface area contributed by atoms with Gasteiger partial charge in [0.25, 0.3) is 0 Å². The SMILES string of the molecule is CC(C)NC(=O)CC(C#N)N1CCCNCC1. The molecule has 1 aliphatic rings. The molecule has 0 saturated carbocycles. The van der Waals surface area contributed by atoms with E-state index in [0.717, 1.165) is 32.6 Å². The van der Waals surface area contributed by atoms with Gasteiger partial charge in [-0.15, -0.1) is 0 Å². The molecule has 1 aliphatic heterocycles. The number of amides is 1. The van der Waals surface area contributed by atoms with Crippen molar-refractivity contribution in [2.45, 2.75) is 38.8 Å². The molecular weight excluding hydrogens is 216 g/mol. The number of nitriles is 1. The maximum atomic E-state index is 11.6. The molecule has 0 aliphatic carbocycles. The Hall–Kier alpha value is -1.12. The van der Waals surface area contributed by atoms with Gasteiger partial charge in [-0.2, -0.15) is 5.26 Å². The number of carbonyl (C=O) groups excluding carboxylic acids is 1. The Bertz CT molecular complexity index is 277. The van der Waals surface area contributed by atoms with E-state index >= 15 is 0 Å². The summed E-state index contributed by atoms with van der Waals surface area (Å²) in [6.07, 6.45) is 1.30. The Morgan fingerprint density at radius 1 is 1.47 bits per heavy atom. The molecule has 0 spiro atoms. The lowest BCUT2D eigenvalue weighted by atomic mass is 10.1. The summed E-state index contributed by atoms with van der Waals surface area (Å²) < 4.78 is 0. The van der Waals surface area contributed by atoms with E-state index in [4.69, 9.17) is 5.26 Å². The van der Waals surface area contributed by atoms with Crippen molar-refractivity contribution in [2.75, 3.05) is 26.2 Å². The predicted molar refractivity (Wildman–Crippen MR) is 66.4 cm³/mol. The average molecular weight is 238 g/mol. The van der Waals surface area contributed by atoms with Crippen LogP contribution in [0.4, 0.5) is 0 Å². The molecule has 0 bridgehead atoms. The summed E-state index contributed by atoms with van der Waals surface area (Å²) in [6.45, 7) is 7.47. The quantitative estimate of drug-likeness (QED) is 0.728. The van der Waals surface area contributed by atoms with Crippen LogP contribution in [0.15, 0.2) is 0 Å². The zero-order valence-electron chi connectivity index (χ0n) is 10.7. The Morgan fingerprint density at radius 2 is 2.24 bits per heavy atom. The molecule has 1 heterocycles. The Balaban J connectivity index is 2.46. The van der Waals surface area contributed by atoms with Crippen molar-refractivity contribution in [3.8, 4) is 6.07 Å². The lowest BCUT2D eigenvalue weighted by molar-refractivity contribution is -0.122. The number of nitrogens with zero attached hydrogens (tertiary/aromatic N) is 2. The summed E-state index contributed by atoms with van der Waals surface area (Å²) in [6, 6.07) is 2.08. The van der Waals surface area contributed by atoms with E-state index in [9.17, 15) is 4.79 Å². The van der Waals surface area contributed by atoms with E-state index in [2.05, 4.69) is 21.6 Å². The van der Waals surface area contributed by atoms with Crippen LogP contribution in [0, 0.1) is 11.3 Å². The highest BCUT2D eigenvalue weighted by atomic mass is 16.1. The van der Waals surface area contributed by atoms with Crippen molar-refractivity contribution in [3.05, 3.63) is 0 Å². The molecule has 0 radical (unpaired) electrons. The van der Waals surface area contributed by atoms with E-state index in [1.807, 2.05) is 13.8 Å². The second-order valence-electron chi connectivity index (χ2n) is 4.71. The summed E-state index contributed by atoms with van der Waals surface area (Å²) in [5, 5.41) is 15.3. The van der Waals surface area contributed by atoms with Crippen LogP contribution in [-0.4, -0.2) is 49.1 Å². The maximum absolute atomic E-state index is 11.6. The van der Waals surface area contributed by atoms with Crippen molar-refractivity contribution in [1.82, 2.24) is 15.5 Å². The molecule has 5 nitrogen and oxygen atoms in total. The second kappa shape index (κ2) is 7.25. The molecule has 1 amide bonds. The first kappa shape index (κ1) is 13.9. The van der Waals surface area contributed by atoms with Crippen LogP contribution in [0.5, 0.6) is 0 Å². The molecular formula is C12H22N4O. The fourth-order valence-electron chi connectivity index (χ4n) is 1.99. The molecule has 17 heavy (non-hydrogen) atoms. The van der Waals surface area contributed by atoms with E-state index in [-0.39, 0.29) is 24.4 Å². The highest BCUT2D eigenvalue weighted by Crippen LogP contribution is 2.06. The van der Waals surface area contributed by atoms with Crippen LogP contribution in [0.3, 0.4) is 0 Å². The summed E-state index contributed by atoms with van der Waals surface area (Å²) >= 11 is 0. The maximum Gasteiger partial charge on any atom is 0.222 e. The van der Waals surface area contributed by atoms with Crippen molar-refractivity contribution < 1.29 is 4.79 Å². The third-order valence-electron chi connectivity index (χ3n) is 2.79. The van der Waals surface area contributed by atoms with Crippen LogP contribution in [0.25, 0.3) is 0 Å². The molecule has 1 rings (SSSR count). The lowest BCUT2D eigenvalue weighted by Gasteiger charge is -2.24. The van der Waals surface area contributed by atoms with Gasteiger partial charge in [-0.25, -0.2) is 0 Å². The van der Waals surface area contributed by atoms with Crippen molar-refractivity contribution >= 4 is 5.91 Å². The molecule has 0 aromatic rings.